The zero-order valence-corrected chi connectivity index (χ0v) is 15.2. The fourth-order valence-corrected chi connectivity index (χ4v) is 4.45. The van der Waals surface area contributed by atoms with Gasteiger partial charge in [0, 0.05) is 18.7 Å². The topological polar surface area (TPSA) is 69.7 Å². The van der Waals surface area contributed by atoms with Crippen LogP contribution in [0.15, 0.2) is 48.5 Å². The van der Waals surface area contributed by atoms with Gasteiger partial charge in [-0.15, -0.1) is 0 Å². The molecule has 25 heavy (non-hydrogen) atoms. The number of carbonyl (C=O) groups excluding carboxylic acids is 1. The van der Waals surface area contributed by atoms with Gasteiger partial charge in [0.25, 0.3) is 5.91 Å². The molecule has 0 fully saturated rings. The number of carbonyl (C=O) groups is 1. The maximum absolute atomic E-state index is 12.5. The summed E-state index contributed by atoms with van der Waals surface area (Å²) in [5.41, 5.74) is 5.72. The summed E-state index contributed by atoms with van der Waals surface area (Å²) in [7, 11) is -1.56. The van der Waals surface area contributed by atoms with E-state index >= 15 is 0 Å². The molecule has 1 aliphatic heterocycles. The van der Waals surface area contributed by atoms with Gasteiger partial charge in [-0.05, 0) is 49.2 Å². The summed E-state index contributed by atoms with van der Waals surface area (Å²) >= 11 is 0. The van der Waals surface area contributed by atoms with E-state index in [1.807, 2.05) is 37.3 Å². The molecular weight excluding hydrogens is 338 g/mol. The molecule has 0 saturated heterocycles. The fourth-order valence-electron chi connectivity index (χ4n) is 3.18. The lowest BCUT2D eigenvalue weighted by Gasteiger charge is -2.22. The first-order valence-corrected chi connectivity index (χ1v) is 9.84. The predicted octanol–water partition coefficient (Wildman–Crippen LogP) is 2.18. The number of rotatable bonds is 4. The molecule has 1 atom stereocenters. The summed E-state index contributed by atoms with van der Waals surface area (Å²) in [6.45, 7) is 1.87. The first-order valence-electron chi connectivity index (χ1n) is 7.99. The van der Waals surface area contributed by atoms with Crippen LogP contribution < -0.4 is 14.7 Å². The van der Waals surface area contributed by atoms with Gasteiger partial charge in [-0.2, -0.15) is 0 Å². The van der Waals surface area contributed by atoms with Crippen LogP contribution in [-0.2, 0) is 16.4 Å². The third kappa shape index (κ3) is 3.46. The highest BCUT2D eigenvalue weighted by molar-refractivity contribution is 7.92. The summed E-state index contributed by atoms with van der Waals surface area (Å²) in [5, 5.41) is 1.65. The van der Waals surface area contributed by atoms with Crippen LogP contribution in [0.3, 0.4) is 0 Å². The molecule has 1 amide bonds. The minimum atomic E-state index is -3.33. The maximum Gasteiger partial charge on any atom is 0.269 e. The normalized spacial score (nSPS) is 16.4. The minimum Gasteiger partial charge on any atom is -0.288 e. The Balaban J connectivity index is 1.81. The lowest BCUT2D eigenvalue weighted by Crippen LogP contribution is -2.39. The Morgan fingerprint density at radius 2 is 1.88 bits per heavy atom. The van der Waals surface area contributed by atoms with Crippen LogP contribution in [0.4, 0.5) is 11.4 Å². The predicted molar refractivity (Wildman–Crippen MR) is 99.2 cm³/mol. The van der Waals surface area contributed by atoms with Gasteiger partial charge < -0.3 is 0 Å². The van der Waals surface area contributed by atoms with Gasteiger partial charge in [-0.1, -0.05) is 18.2 Å². The van der Waals surface area contributed by atoms with Gasteiger partial charge in [0.2, 0.25) is 10.0 Å². The van der Waals surface area contributed by atoms with E-state index in [1.165, 1.54) is 10.6 Å². The number of hydrogen-bond acceptors (Lipinski definition) is 4. The van der Waals surface area contributed by atoms with Crippen molar-refractivity contribution >= 4 is 27.3 Å². The Labute approximate surface area is 148 Å². The standard InChI is InChI=1S/C18H21N3O3S/c1-13-11-15-12-14(9-10-17(15)21(13)25(3,23)24)18(22)19-20(2)16-7-5-4-6-8-16/h4-10,12-13H,11H2,1-3H3,(H,19,22). The van der Waals surface area contributed by atoms with Gasteiger partial charge in [0.15, 0.2) is 0 Å². The zero-order chi connectivity index (χ0) is 18.2. The fraction of sp³-hybridized carbons (Fsp3) is 0.278. The molecule has 1 heterocycles. The van der Waals surface area contributed by atoms with Crippen molar-refractivity contribution in [1.29, 1.82) is 0 Å². The Kier molecular flexibility index (Phi) is 4.43. The monoisotopic (exact) mass is 359 g/mol. The van der Waals surface area contributed by atoms with E-state index in [0.29, 0.717) is 17.7 Å². The third-order valence-corrected chi connectivity index (χ3v) is 5.54. The van der Waals surface area contributed by atoms with Crippen molar-refractivity contribution < 1.29 is 13.2 Å². The number of anilines is 2. The van der Waals surface area contributed by atoms with Gasteiger partial charge in [0.05, 0.1) is 17.6 Å². The van der Waals surface area contributed by atoms with E-state index < -0.39 is 10.0 Å². The molecular formula is C18H21N3O3S. The first kappa shape index (κ1) is 17.3. The molecule has 0 bridgehead atoms. The molecule has 2 aromatic rings. The van der Waals surface area contributed by atoms with E-state index in [1.54, 1.807) is 30.3 Å². The summed E-state index contributed by atoms with van der Waals surface area (Å²) in [6.07, 6.45) is 1.80. The minimum absolute atomic E-state index is 0.143. The molecule has 0 spiro atoms. The molecule has 1 unspecified atom stereocenters. The Bertz CT molecular complexity index is 897. The van der Waals surface area contributed by atoms with Crippen molar-refractivity contribution in [1.82, 2.24) is 5.43 Å². The van der Waals surface area contributed by atoms with E-state index in [4.69, 9.17) is 0 Å². The van der Waals surface area contributed by atoms with Crippen molar-refractivity contribution in [3.8, 4) is 0 Å². The molecule has 6 nitrogen and oxygen atoms in total. The molecule has 1 aliphatic rings. The zero-order valence-electron chi connectivity index (χ0n) is 14.4. The number of hydrogen-bond donors (Lipinski definition) is 1. The number of hydrazine groups is 1. The molecule has 0 aromatic heterocycles. The van der Waals surface area contributed by atoms with E-state index in [0.717, 1.165) is 11.3 Å². The van der Waals surface area contributed by atoms with E-state index in [9.17, 15) is 13.2 Å². The van der Waals surface area contributed by atoms with Crippen LogP contribution in [0, 0.1) is 0 Å². The molecule has 132 valence electrons. The number of nitrogens with zero attached hydrogens (tertiary/aromatic N) is 2. The van der Waals surface area contributed by atoms with Gasteiger partial charge in [-0.3, -0.25) is 19.5 Å². The summed E-state index contributed by atoms with van der Waals surface area (Å²) in [4.78, 5) is 12.5. The number of sulfonamides is 1. The van der Waals surface area contributed by atoms with Gasteiger partial charge in [0.1, 0.15) is 0 Å². The molecule has 3 rings (SSSR count). The highest BCUT2D eigenvalue weighted by atomic mass is 32.2. The molecule has 1 N–H and O–H groups in total. The van der Waals surface area contributed by atoms with Gasteiger partial charge in [-0.25, -0.2) is 8.42 Å². The maximum atomic E-state index is 12.5. The molecule has 0 saturated carbocycles. The smallest absolute Gasteiger partial charge is 0.269 e. The Morgan fingerprint density at radius 1 is 1.20 bits per heavy atom. The van der Waals surface area contributed by atoms with Gasteiger partial charge >= 0.3 is 0 Å². The second-order valence-corrected chi connectivity index (χ2v) is 8.15. The summed E-state index contributed by atoms with van der Waals surface area (Å²) in [5.74, 6) is -0.236. The van der Waals surface area contributed by atoms with E-state index in [2.05, 4.69) is 5.43 Å². The number of benzene rings is 2. The lowest BCUT2D eigenvalue weighted by molar-refractivity contribution is 0.0951. The summed E-state index contributed by atoms with van der Waals surface area (Å²) in [6, 6.07) is 14.5. The van der Waals surface area contributed by atoms with Crippen molar-refractivity contribution in [2.45, 2.75) is 19.4 Å². The third-order valence-electron chi connectivity index (χ3n) is 4.26. The second kappa shape index (κ2) is 6.40. The van der Waals surface area contributed by atoms with Crippen molar-refractivity contribution in [3.05, 3.63) is 59.7 Å². The highest BCUT2D eigenvalue weighted by Crippen LogP contribution is 2.34. The lowest BCUT2D eigenvalue weighted by atomic mass is 10.1. The number of nitrogens with one attached hydrogen (secondary N) is 1. The van der Waals surface area contributed by atoms with E-state index in [-0.39, 0.29) is 11.9 Å². The van der Waals surface area contributed by atoms with Crippen LogP contribution in [0.5, 0.6) is 0 Å². The SMILES string of the molecule is CC1Cc2cc(C(=O)NN(C)c3ccccc3)ccc2N1S(C)(=O)=O. The molecule has 0 radical (unpaired) electrons. The van der Waals surface area contributed by atoms with Crippen LogP contribution in [-0.4, -0.2) is 33.7 Å². The van der Waals surface area contributed by atoms with Crippen molar-refractivity contribution in [2.75, 3.05) is 22.6 Å². The Hall–Kier alpha value is -2.54. The van der Waals surface area contributed by atoms with Crippen molar-refractivity contribution in [3.63, 3.8) is 0 Å². The van der Waals surface area contributed by atoms with Crippen LogP contribution in [0.25, 0.3) is 0 Å². The Morgan fingerprint density at radius 3 is 2.52 bits per heavy atom. The molecule has 2 aromatic carbocycles. The second-order valence-electron chi connectivity index (χ2n) is 6.29. The van der Waals surface area contributed by atoms with Crippen LogP contribution in [0.2, 0.25) is 0 Å². The number of fused-ring (bicyclic) bond motifs is 1. The quantitative estimate of drug-likeness (QED) is 0.850. The number of para-hydroxylation sites is 1. The number of amides is 1. The first-order chi connectivity index (χ1) is 11.8. The highest BCUT2D eigenvalue weighted by Gasteiger charge is 2.32. The van der Waals surface area contributed by atoms with Crippen LogP contribution >= 0.6 is 0 Å². The van der Waals surface area contributed by atoms with Crippen LogP contribution in [0.1, 0.15) is 22.8 Å². The average Bonchev–Trinajstić information content (AvgIpc) is 2.90. The summed E-state index contributed by atoms with van der Waals surface area (Å²) < 4.78 is 25.4. The average molecular weight is 359 g/mol. The molecule has 7 heteroatoms. The van der Waals surface area contributed by atoms with Crippen molar-refractivity contribution in [2.24, 2.45) is 0 Å². The largest absolute Gasteiger partial charge is 0.288 e. The molecule has 0 aliphatic carbocycles.